The lowest BCUT2D eigenvalue weighted by Crippen LogP contribution is -2.24. The van der Waals surface area contributed by atoms with Gasteiger partial charge in [-0.2, -0.15) is 0 Å². The molecule has 2 rings (SSSR count). The number of amides is 1. The molecule has 0 heterocycles. The summed E-state index contributed by atoms with van der Waals surface area (Å²) in [7, 11) is 0. The van der Waals surface area contributed by atoms with Gasteiger partial charge in [0.05, 0.1) is 12.6 Å². The van der Waals surface area contributed by atoms with Crippen LogP contribution in [-0.2, 0) is 4.79 Å². The largest absolute Gasteiger partial charge is 0.493 e. The first kappa shape index (κ1) is 17.7. The molecule has 0 bridgehead atoms. The molecule has 1 amide bonds. The SMILES string of the molecule is CCOc1ccccc1/C=C/C(=O)NC(C)c1ccc(F)c(F)c1. The van der Waals surface area contributed by atoms with Gasteiger partial charge in [-0.1, -0.05) is 24.3 Å². The third-order valence-electron chi connectivity index (χ3n) is 3.44. The maximum Gasteiger partial charge on any atom is 0.244 e. The van der Waals surface area contributed by atoms with Crippen molar-refractivity contribution in [1.82, 2.24) is 5.32 Å². The van der Waals surface area contributed by atoms with Crippen LogP contribution in [-0.4, -0.2) is 12.5 Å². The lowest BCUT2D eigenvalue weighted by Gasteiger charge is -2.13. The van der Waals surface area contributed by atoms with E-state index in [0.717, 1.165) is 17.7 Å². The number of ether oxygens (including phenoxy) is 1. The van der Waals surface area contributed by atoms with Crippen molar-refractivity contribution in [2.45, 2.75) is 19.9 Å². The number of benzene rings is 2. The van der Waals surface area contributed by atoms with Gasteiger partial charge < -0.3 is 10.1 Å². The second kappa shape index (κ2) is 8.24. The minimum Gasteiger partial charge on any atom is -0.493 e. The van der Waals surface area contributed by atoms with E-state index < -0.39 is 17.7 Å². The van der Waals surface area contributed by atoms with Gasteiger partial charge in [-0.15, -0.1) is 0 Å². The van der Waals surface area contributed by atoms with Crippen molar-refractivity contribution in [2.75, 3.05) is 6.61 Å². The minimum atomic E-state index is -0.935. The van der Waals surface area contributed by atoms with Crippen LogP contribution < -0.4 is 10.1 Å². The zero-order chi connectivity index (χ0) is 17.5. The fraction of sp³-hybridized carbons (Fsp3) is 0.211. The first-order valence-corrected chi connectivity index (χ1v) is 7.66. The standard InChI is InChI=1S/C19H19F2NO2/c1-3-24-18-7-5-4-6-14(18)9-11-19(23)22-13(2)15-8-10-16(20)17(21)12-15/h4-13H,3H2,1-2H3,(H,22,23)/b11-9+. The van der Waals surface area contributed by atoms with Crippen molar-refractivity contribution in [3.05, 3.63) is 71.3 Å². The number of para-hydroxylation sites is 1. The zero-order valence-corrected chi connectivity index (χ0v) is 13.6. The summed E-state index contributed by atoms with van der Waals surface area (Å²) < 4.78 is 31.7. The molecular formula is C19H19F2NO2. The monoisotopic (exact) mass is 331 g/mol. The van der Waals surface area contributed by atoms with Gasteiger partial charge in [0.15, 0.2) is 11.6 Å². The van der Waals surface area contributed by atoms with Crippen LogP contribution >= 0.6 is 0 Å². The summed E-state index contributed by atoms with van der Waals surface area (Å²) >= 11 is 0. The molecule has 1 atom stereocenters. The van der Waals surface area contributed by atoms with Crippen LogP contribution in [0.15, 0.2) is 48.5 Å². The quantitative estimate of drug-likeness (QED) is 0.804. The van der Waals surface area contributed by atoms with Crippen LogP contribution in [0, 0.1) is 11.6 Å². The number of rotatable bonds is 6. The summed E-state index contributed by atoms with van der Waals surface area (Å²) in [6.45, 7) is 4.12. The van der Waals surface area contributed by atoms with Gasteiger partial charge in [0.25, 0.3) is 0 Å². The van der Waals surface area contributed by atoms with Crippen LogP contribution in [0.1, 0.15) is 31.0 Å². The Morgan fingerprint density at radius 2 is 1.96 bits per heavy atom. The molecule has 1 unspecified atom stereocenters. The zero-order valence-electron chi connectivity index (χ0n) is 13.6. The summed E-state index contributed by atoms with van der Waals surface area (Å²) in [4.78, 5) is 12.0. The second-order valence-electron chi connectivity index (χ2n) is 5.21. The summed E-state index contributed by atoms with van der Waals surface area (Å²) in [6.07, 6.45) is 3.03. The topological polar surface area (TPSA) is 38.3 Å². The first-order chi connectivity index (χ1) is 11.5. The smallest absolute Gasteiger partial charge is 0.244 e. The Kier molecular flexibility index (Phi) is 6.07. The highest BCUT2D eigenvalue weighted by molar-refractivity contribution is 5.92. The highest BCUT2D eigenvalue weighted by Gasteiger charge is 2.10. The van der Waals surface area contributed by atoms with Gasteiger partial charge in [0.2, 0.25) is 5.91 Å². The van der Waals surface area contributed by atoms with E-state index in [1.807, 2.05) is 31.2 Å². The molecule has 3 nitrogen and oxygen atoms in total. The van der Waals surface area contributed by atoms with Gasteiger partial charge >= 0.3 is 0 Å². The van der Waals surface area contributed by atoms with E-state index in [9.17, 15) is 13.6 Å². The summed E-state index contributed by atoms with van der Waals surface area (Å²) in [6, 6.07) is 10.5. The first-order valence-electron chi connectivity index (χ1n) is 7.66. The van der Waals surface area contributed by atoms with E-state index in [0.29, 0.717) is 17.9 Å². The van der Waals surface area contributed by atoms with E-state index in [4.69, 9.17) is 4.74 Å². The third-order valence-corrected chi connectivity index (χ3v) is 3.44. The molecule has 0 fully saturated rings. The van der Waals surface area contributed by atoms with E-state index in [-0.39, 0.29) is 5.91 Å². The third kappa shape index (κ3) is 4.65. The molecule has 0 saturated carbocycles. The average Bonchev–Trinajstić information content (AvgIpc) is 2.56. The maximum absolute atomic E-state index is 13.2. The minimum absolute atomic E-state index is 0.335. The Labute approximate surface area is 140 Å². The van der Waals surface area contributed by atoms with Crippen molar-refractivity contribution in [3.8, 4) is 5.75 Å². The van der Waals surface area contributed by atoms with E-state index >= 15 is 0 Å². The summed E-state index contributed by atoms with van der Waals surface area (Å²) in [5, 5.41) is 2.71. The Balaban J connectivity index is 2.03. The van der Waals surface area contributed by atoms with Gasteiger partial charge in [-0.05, 0) is 43.7 Å². The summed E-state index contributed by atoms with van der Waals surface area (Å²) in [5.41, 5.74) is 1.28. The molecule has 5 heteroatoms. The normalized spacial score (nSPS) is 12.2. The average molecular weight is 331 g/mol. The number of hydrogen-bond acceptors (Lipinski definition) is 2. The molecule has 2 aromatic rings. The predicted octanol–water partition coefficient (Wildman–Crippen LogP) is 4.25. The Morgan fingerprint density at radius 3 is 2.67 bits per heavy atom. The van der Waals surface area contributed by atoms with E-state index in [1.54, 1.807) is 13.0 Å². The molecule has 0 radical (unpaired) electrons. The molecular weight excluding hydrogens is 312 g/mol. The van der Waals surface area contributed by atoms with Crippen molar-refractivity contribution in [3.63, 3.8) is 0 Å². The molecule has 0 aromatic heterocycles. The molecule has 0 aliphatic carbocycles. The molecule has 126 valence electrons. The fourth-order valence-electron chi connectivity index (χ4n) is 2.20. The number of carbonyl (C=O) groups is 1. The lowest BCUT2D eigenvalue weighted by molar-refractivity contribution is -0.117. The lowest BCUT2D eigenvalue weighted by atomic mass is 10.1. The van der Waals surface area contributed by atoms with Gasteiger partial charge in [-0.25, -0.2) is 8.78 Å². The van der Waals surface area contributed by atoms with Crippen LogP contribution in [0.2, 0.25) is 0 Å². The van der Waals surface area contributed by atoms with Crippen molar-refractivity contribution in [2.24, 2.45) is 0 Å². The Bertz CT molecular complexity index is 744. The molecule has 0 aliphatic heterocycles. The van der Waals surface area contributed by atoms with Gasteiger partial charge in [0.1, 0.15) is 5.75 Å². The second-order valence-corrected chi connectivity index (χ2v) is 5.21. The Hall–Kier alpha value is -2.69. The van der Waals surface area contributed by atoms with Crippen LogP contribution in [0.25, 0.3) is 6.08 Å². The molecule has 0 spiro atoms. The van der Waals surface area contributed by atoms with Crippen molar-refractivity contribution >= 4 is 12.0 Å². The van der Waals surface area contributed by atoms with Crippen LogP contribution in [0.3, 0.4) is 0 Å². The van der Waals surface area contributed by atoms with Crippen molar-refractivity contribution in [1.29, 1.82) is 0 Å². The van der Waals surface area contributed by atoms with Gasteiger partial charge in [-0.3, -0.25) is 4.79 Å². The molecule has 24 heavy (non-hydrogen) atoms. The highest BCUT2D eigenvalue weighted by atomic mass is 19.2. The molecule has 2 aromatic carbocycles. The number of hydrogen-bond donors (Lipinski definition) is 1. The molecule has 0 saturated heterocycles. The maximum atomic E-state index is 13.2. The predicted molar refractivity (Wildman–Crippen MR) is 89.6 cm³/mol. The van der Waals surface area contributed by atoms with E-state index in [2.05, 4.69) is 5.32 Å². The van der Waals surface area contributed by atoms with Crippen LogP contribution in [0.4, 0.5) is 8.78 Å². The van der Waals surface area contributed by atoms with Crippen molar-refractivity contribution < 1.29 is 18.3 Å². The number of carbonyl (C=O) groups excluding carboxylic acids is 1. The van der Waals surface area contributed by atoms with Crippen LogP contribution in [0.5, 0.6) is 5.75 Å². The fourth-order valence-corrected chi connectivity index (χ4v) is 2.20. The molecule has 0 aliphatic rings. The van der Waals surface area contributed by atoms with E-state index in [1.165, 1.54) is 12.1 Å². The van der Waals surface area contributed by atoms with Gasteiger partial charge in [0, 0.05) is 11.6 Å². The highest BCUT2D eigenvalue weighted by Crippen LogP contribution is 2.20. The Morgan fingerprint density at radius 1 is 1.21 bits per heavy atom. The number of halogens is 2. The molecule has 1 N–H and O–H groups in total. The summed E-state index contributed by atoms with van der Waals surface area (Å²) in [5.74, 6) is -1.49. The number of nitrogens with one attached hydrogen (secondary N) is 1.